The highest BCUT2D eigenvalue weighted by Gasteiger charge is 2.15. The fourth-order valence-corrected chi connectivity index (χ4v) is 6.24. The van der Waals surface area contributed by atoms with Crippen LogP contribution in [0.5, 0.6) is 11.5 Å². The Morgan fingerprint density at radius 2 is 0.789 bits per heavy atom. The number of ether oxygens (including phenoxy) is 2. The summed E-state index contributed by atoms with van der Waals surface area (Å²) in [7, 11) is 0. The summed E-state index contributed by atoms with van der Waals surface area (Å²) in [5, 5.41) is 0. The van der Waals surface area contributed by atoms with Gasteiger partial charge in [0.05, 0.1) is 51.8 Å². The number of pyridine rings is 6. The molecule has 9 rings (SSSR count). The maximum Gasteiger partial charge on any atom is 0.135 e. The molecule has 0 saturated heterocycles. The van der Waals surface area contributed by atoms with Gasteiger partial charge in [0.25, 0.3) is 0 Å². The first kappa shape index (κ1) is 34.6. The summed E-state index contributed by atoms with van der Waals surface area (Å²) in [4.78, 5) is 27.8. The number of hydrogen-bond acceptors (Lipinski definition) is 8. The lowest BCUT2D eigenvalue weighted by Crippen LogP contribution is -1.96. The molecule has 1 aliphatic heterocycles. The Kier molecular flexibility index (Phi) is 9.72. The van der Waals surface area contributed by atoms with Crippen molar-refractivity contribution in [2.75, 3.05) is 6.61 Å². The summed E-state index contributed by atoms with van der Waals surface area (Å²) in [6.07, 6.45) is 10.5. The van der Waals surface area contributed by atoms with Gasteiger partial charge in [-0.15, -0.1) is 0 Å². The molecular formula is C49H30N6O2. The number of benzene rings is 2. The van der Waals surface area contributed by atoms with Gasteiger partial charge >= 0.3 is 0 Å². The van der Waals surface area contributed by atoms with E-state index in [9.17, 15) is 0 Å². The van der Waals surface area contributed by atoms with Crippen LogP contribution < -0.4 is 9.47 Å². The molecule has 0 saturated carbocycles. The fourth-order valence-electron chi connectivity index (χ4n) is 6.24. The van der Waals surface area contributed by atoms with Gasteiger partial charge in [0.15, 0.2) is 0 Å². The molecule has 8 aromatic rings. The van der Waals surface area contributed by atoms with Crippen LogP contribution in [0.25, 0.3) is 56.7 Å². The first-order chi connectivity index (χ1) is 28.2. The van der Waals surface area contributed by atoms with Gasteiger partial charge in [-0.1, -0.05) is 47.9 Å². The summed E-state index contributed by atoms with van der Waals surface area (Å²) in [6.45, 7) is 0.328. The quantitative estimate of drug-likeness (QED) is 0.165. The van der Waals surface area contributed by atoms with E-state index in [0.29, 0.717) is 18.1 Å². The highest BCUT2D eigenvalue weighted by atomic mass is 16.5. The number of aromatic nitrogens is 6. The Balaban J connectivity index is 1.04. The van der Waals surface area contributed by atoms with E-state index in [-0.39, 0.29) is 0 Å². The first-order valence-electron chi connectivity index (χ1n) is 18.2. The molecule has 268 valence electrons. The van der Waals surface area contributed by atoms with Crippen LogP contribution in [0.15, 0.2) is 171 Å². The fraction of sp³-hybridized carbons (Fsp3) is 0.0204. The van der Waals surface area contributed by atoms with E-state index >= 15 is 0 Å². The molecule has 0 spiro atoms. The predicted octanol–water partition coefficient (Wildman–Crippen LogP) is 9.48. The van der Waals surface area contributed by atoms with E-state index in [1.807, 2.05) is 140 Å². The van der Waals surface area contributed by atoms with Crippen molar-refractivity contribution in [1.82, 2.24) is 29.9 Å². The highest BCUT2D eigenvalue weighted by molar-refractivity contribution is 5.78. The summed E-state index contributed by atoms with van der Waals surface area (Å²) in [5.41, 5.74) is 10.8. The molecular weight excluding hydrogens is 705 g/mol. The van der Waals surface area contributed by atoms with E-state index in [1.165, 1.54) is 0 Å². The zero-order valence-electron chi connectivity index (χ0n) is 30.4. The molecule has 0 amide bonds. The predicted molar refractivity (Wildman–Crippen MR) is 220 cm³/mol. The van der Waals surface area contributed by atoms with Crippen LogP contribution in [0, 0.1) is 23.7 Å². The molecule has 8 heteroatoms. The van der Waals surface area contributed by atoms with Gasteiger partial charge in [-0.3, -0.25) is 19.9 Å². The van der Waals surface area contributed by atoms with Crippen LogP contribution in [-0.2, 0) is 0 Å². The van der Waals surface area contributed by atoms with Gasteiger partial charge in [0.1, 0.15) is 18.1 Å². The highest BCUT2D eigenvalue weighted by Crippen LogP contribution is 2.38. The average Bonchev–Trinajstić information content (AvgIpc) is 3.37. The summed E-state index contributed by atoms with van der Waals surface area (Å²) >= 11 is 0. The van der Waals surface area contributed by atoms with E-state index < -0.39 is 0 Å². The lowest BCUT2D eigenvalue weighted by atomic mass is 9.99. The molecule has 0 bridgehead atoms. The molecule has 7 heterocycles. The monoisotopic (exact) mass is 734 g/mol. The summed E-state index contributed by atoms with van der Waals surface area (Å²) < 4.78 is 12.4. The van der Waals surface area contributed by atoms with Crippen LogP contribution in [0.2, 0.25) is 0 Å². The lowest BCUT2D eigenvalue weighted by Gasteiger charge is -2.13. The third-order valence-electron chi connectivity index (χ3n) is 8.94. The van der Waals surface area contributed by atoms with E-state index in [1.54, 1.807) is 31.0 Å². The minimum atomic E-state index is 0.328. The lowest BCUT2D eigenvalue weighted by molar-refractivity contribution is 0.361. The largest absolute Gasteiger partial charge is 0.489 e. The van der Waals surface area contributed by atoms with Gasteiger partial charge in [0, 0.05) is 58.2 Å². The van der Waals surface area contributed by atoms with Crippen molar-refractivity contribution >= 4 is 0 Å². The van der Waals surface area contributed by atoms with Crippen molar-refractivity contribution in [3.8, 4) is 91.9 Å². The van der Waals surface area contributed by atoms with Crippen LogP contribution >= 0.6 is 0 Å². The number of fused-ring (bicyclic) bond motifs is 3. The second-order valence-electron chi connectivity index (χ2n) is 12.8. The Labute approximate surface area is 329 Å². The Bertz CT molecular complexity index is 2760. The minimum Gasteiger partial charge on any atom is -0.489 e. The smallest absolute Gasteiger partial charge is 0.135 e. The molecule has 6 aromatic heterocycles. The number of nitrogens with zero attached hydrogens (tertiary/aromatic N) is 6. The molecule has 8 nitrogen and oxygen atoms in total. The normalized spacial score (nSPS) is 11.9. The number of hydrogen-bond donors (Lipinski definition) is 0. The zero-order chi connectivity index (χ0) is 38.2. The number of rotatable bonds is 4. The Morgan fingerprint density at radius 1 is 0.386 bits per heavy atom. The molecule has 0 fully saturated rings. The van der Waals surface area contributed by atoms with Gasteiger partial charge in [0.2, 0.25) is 0 Å². The topological polar surface area (TPSA) is 95.8 Å². The van der Waals surface area contributed by atoms with Gasteiger partial charge in [-0.25, -0.2) is 9.97 Å². The third kappa shape index (κ3) is 8.02. The summed E-state index contributed by atoms with van der Waals surface area (Å²) in [6, 6.07) is 42.7. The first-order valence-corrected chi connectivity index (χ1v) is 18.2. The Morgan fingerprint density at radius 3 is 1.21 bits per heavy atom. The minimum absolute atomic E-state index is 0.328. The van der Waals surface area contributed by atoms with Crippen molar-refractivity contribution in [2.24, 2.45) is 0 Å². The van der Waals surface area contributed by atoms with E-state index in [2.05, 4.69) is 43.6 Å². The second kappa shape index (κ2) is 16.0. The molecule has 0 N–H and O–H groups in total. The summed E-state index contributed by atoms with van der Waals surface area (Å²) in [5.74, 6) is 14.7. The van der Waals surface area contributed by atoms with Crippen molar-refractivity contribution in [1.29, 1.82) is 0 Å². The van der Waals surface area contributed by atoms with Crippen LogP contribution in [-0.4, -0.2) is 36.5 Å². The standard InChI is InChI=1S/C49H30N6O2/c1-5-22-50-40(10-1)44-28-36(29-45(54-44)41-11-2-6-23-51-41)16-14-34-18-20-38-39-21-19-35(33-49(39)57-27-9-26-56-48(38)32-34)15-17-37-30-46(42-12-3-7-24-52-42)55-47(31-37)43-13-4-8-25-53-43/h1-13,18-26,28-33H,27H2/b26-9-. The molecule has 57 heavy (non-hydrogen) atoms. The van der Waals surface area contributed by atoms with Crippen molar-refractivity contribution < 1.29 is 9.47 Å². The van der Waals surface area contributed by atoms with Crippen LogP contribution in [0.1, 0.15) is 22.3 Å². The van der Waals surface area contributed by atoms with Crippen LogP contribution in [0.3, 0.4) is 0 Å². The molecule has 2 aromatic carbocycles. The molecule has 0 unspecified atom stereocenters. The van der Waals surface area contributed by atoms with Gasteiger partial charge < -0.3 is 9.47 Å². The van der Waals surface area contributed by atoms with Crippen molar-refractivity contribution in [3.05, 3.63) is 193 Å². The van der Waals surface area contributed by atoms with Crippen molar-refractivity contribution in [3.63, 3.8) is 0 Å². The Hall–Kier alpha value is -8.20. The van der Waals surface area contributed by atoms with Crippen LogP contribution in [0.4, 0.5) is 0 Å². The molecule has 0 atom stereocenters. The van der Waals surface area contributed by atoms with Gasteiger partial charge in [-0.2, -0.15) is 0 Å². The zero-order valence-corrected chi connectivity index (χ0v) is 30.4. The third-order valence-corrected chi connectivity index (χ3v) is 8.94. The van der Waals surface area contributed by atoms with Gasteiger partial charge in [-0.05, 0) is 115 Å². The SMILES string of the molecule is C(#Cc1ccc2c(c1)O/C=C\COc1cc(C#Cc3cc(-c4ccccn4)nc(-c4ccccn4)c3)ccc1-2)c1cc(-c2ccccn2)nc(-c2ccccn2)c1. The molecule has 1 aliphatic rings. The average molecular weight is 735 g/mol. The van der Waals surface area contributed by atoms with E-state index in [0.717, 1.165) is 78.9 Å². The van der Waals surface area contributed by atoms with E-state index in [4.69, 9.17) is 19.4 Å². The maximum absolute atomic E-state index is 6.24. The second-order valence-corrected chi connectivity index (χ2v) is 12.8. The van der Waals surface area contributed by atoms with Crippen molar-refractivity contribution in [2.45, 2.75) is 0 Å². The molecule has 0 aliphatic carbocycles. The maximum atomic E-state index is 6.24. The molecule has 0 radical (unpaired) electrons.